The minimum Gasteiger partial charge on any atom is -0.389 e. The van der Waals surface area contributed by atoms with Gasteiger partial charge in [0.15, 0.2) is 0 Å². The van der Waals surface area contributed by atoms with E-state index in [1.54, 1.807) is 33.0 Å². The molecule has 1 aromatic carbocycles. The predicted octanol–water partition coefficient (Wildman–Crippen LogP) is 1.26. The van der Waals surface area contributed by atoms with Crippen LogP contribution in [0.3, 0.4) is 0 Å². The number of rotatable bonds is 5. The number of nitrogens with one attached hydrogen (secondary N) is 1. The maximum absolute atomic E-state index is 12.0. The van der Waals surface area contributed by atoms with E-state index < -0.39 is 5.60 Å². The maximum atomic E-state index is 12.0. The molecule has 2 N–H and O–H groups in total. The van der Waals surface area contributed by atoms with Gasteiger partial charge in [0.25, 0.3) is 5.91 Å². The van der Waals surface area contributed by atoms with Crippen LogP contribution in [0.4, 0.5) is 0 Å². The Morgan fingerprint density at radius 3 is 2.38 bits per heavy atom. The predicted molar refractivity (Wildman–Crippen MR) is 82.2 cm³/mol. The van der Waals surface area contributed by atoms with Gasteiger partial charge in [0.1, 0.15) is 0 Å². The first-order chi connectivity index (χ1) is 9.60. The second kappa shape index (κ2) is 6.72. The number of aryl methyl sites for hydroxylation is 2. The zero-order valence-corrected chi connectivity index (χ0v) is 13.4. The third kappa shape index (κ3) is 5.55. The Balaban J connectivity index is 2.56. The van der Waals surface area contributed by atoms with Gasteiger partial charge in [0.05, 0.1) is 12.1 Å². The Kier molecular flexibility index (Phi) is 5.49. The number of hydrogen-bond donors (Lipinski definition) is 2. The summed E-state index contributed by atoms with van der Waals surface area (Å²) < 4.78 is 0. The summed E-state index contributed by atoms with van der Waals surface area (Å²) >= 11 is 0. The first-order valence-electron chi connectivity index (χ1n) is 6.92. The minimum atomic E-state index is -0.956. The highest BCUT2D eigenvalue weighted by Gasteiger charge is 2.19. The molecule has 5 nitrogen and oxygen atoms in total. The normalized spacial score (nSPS) is 11.1. The van der Waals surface area contributed by atoms with Crippen molar-refractivity contribution < 1.29 is 14.7 Å². The van der Waals surface area contributed by atoms with Crippen molar-refractivity contribution in [3.63, 3.8) is 0 Å². The van der Waals surface area contributed by atoms with Crippen LogP contribution in [0.5, 0.6) is 0 Å². The van der Waals surface area contributed by atoms with Gasteiger partial charge in [-0.15, -0.1) is 0 Å². The molecule has 0 spiro atoms. The molecule has 0 fully saturated rings. The van der Waals surface area contributed by atoms with Gasteiger partial charge in [-0.2, -0.15) is 0 Å². The molecule has 0 aromatic heterocycles. The zero-order valence-electron chi connectivity index (χ0n) is 13.4. The van der Waals surface area contributed by atoms with Crippen LogP contribution in [0.2, 0.25) is 0 Å². The lowest BCUT2D eigenvalue weighted by molar-refractivity contribution is -0.131. The lowest BCUT2D eigenvalue weighted by Crippen LogP contribution is -2.44. The quantitative estimate of drug-likeness (QED) is 0.858. The Morgan fingerprint density at radius 2 is 1.86 bits per heavy atom. The van der Waals surface area contributed by atoms with Crippen molar-refractivity contribution in [1.29, 1.82) is 0 Å². The van der Waals surface area contributed by atoms with Gasteiger partial charge in [0, 0.05) is 19.2 Å². The molecule has 0 unspecified atom stereocenters. The van der Waals surface area contributed by atoms with Gasteiger partial charge in [-0.1, -0.05) is 6.07 Å². The Hall–Kier alpha value is -1.88. The molecule has 5 heteroatoms. The topological polar surface area (TPSA) is 69.6 Å². The van der Waals surface area contributed by atoms with Gasteiger partial charge < -0.3 is 15.3 Å². The summed E-state index contributed by atoms with van der Waals surface area (Å²) in [6.07, 6.45) is 0. The van der Waals surface area contributed by atoms with Gasteiger partial charge in [-0.3, -0.25) is 9.59 Å². The molecule has 21 heavy (non-hydrogen) atoms. The van der Waals surface area contributed by atoms with E-state index in [-0.39, 0.29) is 24.9 Å². The molecule has 0 aliphatic rings. The van der Waals surface area contributed by atoms with Crippen LogP contribution >= 0.6 is 0 Å². The largest absolute Gasteiger partial charge is 0.389 e. The van der Waals surface area contributed by atoms with E-state index in [1.807, 2.05) is 19.9 Å². The molecule has 2 amide bonds. The summed E-state index contributed by atoms with van der Waals surface area (Å²) in [7, 11) is 1.60. The smallest absolute Gasteiger partial charge is 0.251 e. The number of carbonyl (C=O) groups is 2. The SMILES string of the molecule is Cc1ccc(C(=O)NCC(=O)N(C)CC(C)(C)O)cc1C. The third-order valence-corrected chi connectivity index (χ3v) is 3.22. The Labute approximate surface area is 126 Å². The fourth-order valence-electron chi connectivity index (χ4n) is 1.94. The van der Waals surface area contributed by atoms with Gasteiger partial charge in [-0.05, 0) is 51.0 Å². The lowest BCUT2D eigenvalue weighted by Gasteiger charge is -2.25. The molecule has 1 aromatic rings. The van der Waals surface area contributed by atoms with Crippen molar-refractivity contribution in [2.45, 2.75) is 33.3 Å². The summed E-state index contributed by atoms with van der Waals surface area (Å²) in [4.78, 5) is 25.3. The van der Waals surface area contributed by atoms with Gasteiger partial charge >= 0.3 is 0 Å². The van der Waals surface area contributed by atoms with E-state index in [1.165, 1.54) is 4.90 Å². The Morgan fingerprint density at radius 1 is 1.24 bits per heavy atom. The number of carbonyl (C=O) groups excluding carboxylic acids is 2. The van der Waals surface area contributed by atoms with E-state index in [0.717, 1.165) is 11.1 Å². The van der Waals surface area contributed by atoms with Crippen LogP contribution in [-0.4, -0.2) is 47.6 Å². The number of likely N-dealkylation sites (N-methyl/N-ethyl adjacent to an activating group) is 1. The second-order valence-corrected chi connectivity index (χ2v) is 6.04. The molecular weight excluding hydrogens is 268 g/mol. The molecule has 1 rings (SSSR count). The van der Waals surface area contributed by atoms with Crippen LogP contribution in [0, 0.1) is 13.8 Å². The van der Waals surface area contributed by atoms with E-state index in [9.17, 15) is 14.7 Å². The van der Waals surface area contributed by atoms with Crippen molar-refractivity contribution >= 4 is 11.8 Å². The summed E-state index contributed by atoms with van der Waals surface area (Å²) in [5, 5.41) is 12.3. The van der Waals surface area contributed by atoms with Crippen LogP contribution in [-0.2, 0) is 4.79 Å². The van der Waals surface area contributed by atoms with E-state index >= 15 is 0 Å². The summed E-state index contributed by atoms with van der Waals surface area (Å²) in [6, 6.07) is 5.42. The van der Waals surface area contributed by atoms with Crippen LogP contribution in [0.1, 0.15) is 35.3 Å². The average Bonchev–Trinajstić information content (AvgIpc) is 2.36. The summed E-state index contributed by atoms with van der Waals surface area (Å²) in [6.45, 7) is 7.30. The number of hydrogen-bond acceptors (Lipinski definition) is 3. The summed E-state index contributed by atoms with van der Waals surface area (Å²) in [5.41, 5.74) is 1.74. The summed E-state index contributed by atoms with van der Waals surface area (Å²) in [5.74, 6) is -0.516. The van der Waals surface area contributed by atoms with Crippen molar-refractivity contribution in [2.24, 2.45) is 0 Å². The molecule has 116 valence electrons. The van der Waals surface area contributed by atoms with Crippen LogP contribution < -0.4 is 5.32 Å². The van der Waals surface area contributed by atoms with Crippen molar-refractivity contribution in [3.8, 4) is 0 Å². The standard InChI is InChI=1S/C16H24N2O3/c1-11-6-7-13(8-12(11)2)15(20)17-9-14(19)18(5)10-16(3,4)21/h6-8,21H,9-10H2,1-5H3,(H,17,20). The lowest BCUT2D eigenvalue weighted by atomic mass is 10.1. The molecule has 0 bridgehead atoms. The average molecular weight is 292 g/mol. The van der Waals surface area contributed by atoms with Crippen LogP contribution in [0.25, 0.3) is 0 Å². The molecule has 0 atom stereocenters. The maximum Gasteiger partial charge on any atom is 0.251 e. The number of aliphatic hydroxyl groups is 1. The number of benzene rings is 1. The third-order valence-electron chi connectivity index (χ3n) is 3.22. The molecule has 0 heterocycles. The zero-order chi connectivity index (χ0) is 16.2. The molecule has 0 aliphatic heterocycles. The number of amides is 2. The monoisotopic (exact) mass is 292 g/mol. The van der Waals surface area contributed by atoms with Crippen molar-refractivity contribution in [2.75, 3.05) is 20.1 Å². The van der Waals surface area contributed by atoms with E-state index in [0.29, 0.717) is 5.56 Å². The van der Waals surface area contributed by atoms with Crippen LogP contribution in [0.15, 0.2) is 18.2 Å². The number of nitrogens with zero attached hydrogens (tertiary/aromatic N) is 1. The van der Waals surface area contributed by atoms with Crippen molar-refractivity contribution in [3.05, 3.63) is 34.9 Å². The van der Waals surface area contributed by atoms with E-state index in [2.05, 4.69) is 5.32 Å². The molecule has 0 aliphatic carbocycles. The van der Waals surface area contributed by atoms with Gasteiger partial charge in [-0.25, -0.2) is 0 Å². The Bertz CT molecular complexity index is 533. The highest BCUT2D eigenvalue weighted by molar-refractivity contribution is 5.96. The fourth-order valence-corrected chi connectivity index (χ4v) is 1.94. The highest BCUT2D eigenvalue weighted by atomic mass is 16.3. The first-order valence-corrected chi connectivity index (χ1v) is 6.92. The first kappa shape index (κ1) is 17.2. The molecule has 0 saturated heterocycles. The molecule has 0 radical (unpaired) electrons. The second-order valence-electron chi connectivity index (χ2n) is 6.04. The molecular formula is C16H24N2O3. The van der Waals surface area contributed by atoms with Gasteiger partial charge in [0.2, 0.25) is 5.91 Å². The fraction of sp³-hybridized carbons (Fsp3) is 0.500. The highest BCUT2D eigenvalue weighted by Crippen LogP contribution is 2.09. The molecule has 0 saturated carbocycles. The van der Waals surface area contributed by atoms with Crippen molar-refractivity contribution in [1.82, 2.24) is 10.2 Å². The minimum absolute atomic E-state index is 0.0850. The van der Waals surface area contributed by atoms with E-state index in [4.69, 9.17) is 0 Å².